The van der Waals surface area contributed by atoms with Crippen molar-refractivity contribution in [2.45, 2.75) is 13.5 Å². The SMILES string of the molecule is COC(=O)C1CN(Cc2nc3ccsc3c(=O)[nH]2)CC1C. The second kappa shape index (κ2) is 5.57. The number of likely N-dealkylation sites (tertiary alicyclic amines) is 1. The second-order valence-corrected chi connectivity index (χ2v) is 6.36. The van der Waals surface area contributed by atoms with Crippen molar-refractivity contribution in [1.29, 1.82) is 0 Å². The summed E-state index contributed by atoms with van der Waals surface area (Å²) >= 11 is 1.39. The number of ether oxygens (including phenoxy) is 1. The number of aromatic amines is 1. The van der Waals surface area contributed by atoms with Crippen molar-refractivity contribution < 1.29 is 9.53 Å². The fraction of sp³-hybridized carbons (Fsp3) is 0.500. The van der Waals surface area contributed by atoms with E-state index in [1.807, 2.05) is 18.4 Å². The monoisotopic (exact) mass is 307 g/mol. The van der Waals surface area contributed by atoms with Crippen LogP contribution >= 0.6 is 11.3 Å². The Balaban J connectivity index is 1.77. The van der Waals surface area contributed by atoms with E-state index in [9.17, 15) is 9.59 Å². The number of methoxy groups -OCH3 is 1. The first-order valence-corrected chi connectivity index (χ1v) is 7.73. The van der Waals surface area contributed by atoms with E-state index in [4.69, 9.17) is 4.74 Å². The van der Waals surface area contributed by atoms with Crippen LogP contribution in [0.1, 0.15) is 12.7 Å². The predicted octanol–water partition coefficient (Wildman–Crippen LogP) is 1.23. The number of esters is 1. The zero-order valence-corrected chi connectivity index (χ0v) is 12.8. The first-order valence-electron chi connectivity index (χ1n) is 6.85. The number of carbonyl (C=O) groups is 1. The summed E-state index contributed by atoms with van der Waals surface area (Å²) in [5, 5.41) is 1.86. The number of hydrogen-bond acceptors (Lipinski definition) is 6. The third-order valence-electron chi connectivity index (χ3n) is 3.93. The summed E-state index contributed by atoms with van der Waals surface area (Å²) in [7, 11) is 1.42. The standard InChI is InChI=1S/C14H17N3O3S/c1-8-5-17(6-9(8)14(19)20-2)7-11-15-10-3-4-21-12(10)13(18)16-11/h3-4,8-9H,5-7H2,1-2H3,(H,15,16,18). The molecular formula is C14H17N3O3S. The molecule has 2 aromatic rings. The van der Waals surface area contributed by atoms with Crippen molar-refractivity contribution in [3.05, 3.63) is 27.6 Å². The van der Waals surface area contributed by atoms with Crippen LogP contribution in [-0.4, -0.2) is 41.0 Å². The van der Waals surface area contributed by atoms with Crippen LogP contribution < -0.4 is 5.56 Å². The van der Waals surface area contributed by atoms with Crippen molar-refractivity contribution in [1.82, 2.24) is 14.9 Å². The van der Waals surface area contributed by atoms with Gasteiger partial charge in [0, 0.05) is 13.1 Å². The quantitative estimate of drug-likeness (QED) is 0.863. The summed E-state index contributed by atoms with van der Waals surface area (Å²) in [5.74, 6) is 0.615. The first kappa shape index (κ1) is 14.2. The van der Waals surface area contributed by atoms with Crippen molar-refractivity contribution in [2.75, 3.05) is 20.2 Å². The minimum Gasteiger partial charge on any atom is -0.469 e. The number of fused-ring (bicyclic) bond motifs is 1. The molecule has 3 heterocycles. The van der Waals surface area contributed by atoms with Gasteiger partial charge in [-0.25, -0.2) is 4.98 Å². The summed E-state index contributed by atoms with van der Waals surface area (Å²) in [6, 6.07) is 1.85. The maximum Gasteiger partial charge on any atom is 0.310 e. The van der Waals surface area contributed by atoms with Gasteiger partial charge in [-0.2, -0.15) is 0 Å². The Labute approximate surface area is 125 Å². The number of hydrogen-bond donors (Lipinski definition) is 1. The van der Waals surface area contributed by atoms with Crippen LogP contribution in [-0.2, 0) is 16.1 Å². The number of aromatic nitrogens is 2. The van der Waals surface area contributed by atoms with Crippen LogP contribution in [0, 0.1) is 11.8 Å². The van der Waals surface area contributed by atoms with Crippen LogP contribution in [0.15, 0.2) is 16.2 Å². The average Bonchev–Trinajstić information content (AvgIpc) is 3.05. The molecule has 0 spiro atoms. The van der Waals surface area contributed by atoms with Gasteiger partial charge in [0.15, 0.2) is 0 Å². The van der Waals surface area contributed by atoms with Gasteiger partial charge in [0.05, 0.1) is 25.1 Å². The zero-order chi connectivity index (χ0) is 15.0. The van der Waals surface area contributed by atoms with Crippen LogP contribution in [0.2, 0.25) is 0 Å². The molecule has 2 atom stereocenters. The van der Waals surface area contributed by atoms with Gasteiger partial charge in [-0.1, -0.05) is 6.92 Å². The summed E-state index contributed by atoms with van der Waals surface area (Å²) in [5.41, 5.74) is 0.636. The molecule has 1 aliphatic rings. The number of carbonyl (C=O) groups excluding carboxylic acids is 1. The molecule has 0 amide bonds. The topological polar surface area (TPSA) is 75.3 Å². The van der Waals surface area contributed by atoms with Crippen molar-refractivity contribution in [2.24, 2.45) is 11.8 Å². The molecule has 1 N–H and O–H groups in total. The van der Waals surface area contributed by atoms with Crippen LogP contribution in [0.5, 0.6) is 0 Å². The molecule has 21 heavy (non-hydrogen) atoms. The zero-order valence-electron chi connectivity index (χ0n) is 12.0. The summed E-state index contributed by atoms with van der Waals surface area (Å²) in [6.45, 7) is 4.02. The number of rotatable bonds is 3. The Morgan fingerprint density at radius 3 is 3.14 bits per heavy atom. The maximum atomic E-state index is 11.9. The van der Waals surface area contributed by atoms with E-state index in [1.54, 1.807) is 0 Å². The van der Waals surface area contributed by atoms with Gasteiger partial charge in [-0.15, -0.1) is 11.3 Å². The van der Waals surface area contributed by atoms with Crippen molar-refractivity contribution in [3.8, 4) is 0 Å². The maximum absolute atomic E-state index is 11.9. The van der Waals surface area contributed by atoms with E-state index in [0.29, 0.717) is 23.6 Å². The van der Waals surface area contributed by atoms with Gasteiger partial charge in [0.2, 0.25) is 0 Å². The highest BCUT2D eigenvalue weighted by atomic mass is 32.1. The van der Waals surface area contributed by atoms with Crippen molar-refractivity contribution in [3.63, 3.8) is 0 Å². The fourth-order valence-electron chi connectivity index (χ4n) is 2.86. The molecule has 1 fully saturated rings. The summed E-state index contributed by atoms with van der Waals surface area (Å²) in [4.78, 5) is 33.1. The lowest BCUT2D eigenvalue weighted by Gasteiger charge is -2.14. The highest BCUT2D eigenvalue weighted by molar-refractivity contribution is 7.17. The van der Waals surface area contributed by atoms with E-state index in [0.717, 1.165) is 12.1 Å². The second-order valence-electron chi connectivity index (χ2n) is 5.45. The molecule has 2 aromatic heterocycles. The van der Waals surface area contributed by atoms with Gasteiger partial charge in [-0.05, 0) is 17.4 Å². The normalized spacial score (nSPS) is 22.8. The number of H-pyrrole nitrogens is 1. The van der Waals surface area contributed by atoms with Crippen LogP contribution in [0.3, 0.4) is 0 Å². The predicted molar refractivity (Wildman–Crippen MR) is 80.2 cm³/mol. The first-order chi connectivity index (χ1) is 10.1. The van der Waals surface area contributed by atoms with E-state index in [1.165, 1.54) is 18.4 Å². The van der Waals surface area contributed by atoms with Gasteiger partial charge < -0.3 is 9.72 Å². The smallest absolute Gasteiger partial charge is 0.310 e. The molecule has 0 aliphatic carbocycles. The largest absolute Gasteiger partial charge is 0.469 e. The molecule has 0 bridgehead atoms. The molecule has 0 radical (unpaired) electrons. The molecule has 0 aromatic carbocycles. The minimum absolute atomic E-state index is 0.0956. The number of nitrogens with zero attached hydrogens (tertiary/aromatic N) is 2. The van der Waals surface area contributed by atoms with Gasteiger partial charge in [-0.3, -0.25) is 14.5 Å². The molecule has 3 rings (SSSR count). The van der Waals surface area contributed by atoms with Crippen LogP contribution in [0.25, 0.3) is 10.2 Å². The van der Waals surface area contributed by atoms with Gasteiger partial charge in [0.1, 0.15) is 10.5 Å². The van der Waals surface area contributed by atoms with Crippen LogP contribution in [0.4, 0.5) is 0 Å². The summed E-state index contributed by atoms with van der Waals surface area (Å²) < 4.78 is 5.49. The Morgan fingerprint density at radius 1 is 1.57 bits per heavy atom. The highest BCUT2D eigenvalue weighted by Crippen LogP contribution is 2.25. The number of nitrogens with one attached hydrogen (secondary N) is 1. The van der Waals surface area contributed by atoms with Gasteiger partial charge in [0.25, 0.3) is 5.56 Å². The Hall–Kier alpha value is -1.73. The van der Waals surface area contributed by atoms with E-state index in [2.05, 4.69) is 14.9 Å². The minimum atomic E-state index is -0.167. The molecule has 1 aliphatic heterocycles. The molecule has 112 valence electrons. The third-order valence-corrected chi connectivity index (χ3v) is 4.83. The Bertz CT molecular complexity index is 724. The lowest BCUT2D eigenvalue weighted by atomic mass is 9.99. The van der Waals surface area contributed by atoms with E-state index < -0.39 is 0 Å². The molecule has 2 unspecified atom stereocenters. The Kier molecular flexibility index (Phi) is 3.77. The Morgan fingerprint density at radius 2 is 2.38 bits per heavy atom. The molecule has 1 saturated heterocycles. The molecule has 7 heteroatoms. The van der Waals surface area contributed by atoms with Gasteiger partial charge >= 0.3 is 5.97 Å². The fourth-order valence-corrected chi connectivity index (χ4v) is 3.59. The average molecular weight is 307 g/mol. The number of thiophene rings is 1. The molecular weight excluding hydrogens is 290 g/mol. The van der Waals surface area contributed by atoms with E-state index in [-0.39, 0.29) is 23.4 Å². The molecule has 6 nitrogen and oxygen atoms in total. The lowest BCUT2D eigenvalue weighted by Crippen LogP contribution is -2.26. The third kappa shape index (κ3) is 2.71. The lowest BCUT2D eigenvalue weighted by molar-refractivity contribution is -0.146. The molecule has 0 saturated carbocycles. The highest BCUT2D eigenvalue weighted by Gasteiger charge is 2.35. The summed E-state index contributed by atoms with van der Waals surface area (Å²) in [6.07, 6.45) is 0. The van der Waals surface area contributed by atoms with E-state index >= 15 is 0 Å². The van der Waals surface area contributed by atoms with Crippen molar-refractivity contribution >= 4 is 27.5 Å².